The van der Waals surface area contributed by atoms with Crippen LogP contribution in [0.1, 0.15) is 0 Å². The van der Waals surface area contributed by atoms with E-state index >= 15 is 0 Å². The van der Waals surface area contributed by atoms with Crippen molar-refractivity contribution in [1.29, 1.82) is 0 Å². The third kappa shape index (κ3) is 2.70. The molecule has 1 aliphatic rings. The van der Waals surface area contributed by atoms with Gasteiger partial charge in [0.15, 0.2) is 11.5 Å². The Morgan fingerprint density at radius 2 is 1.50 bits per heavy atom. The predicted molar refractivity (Wildman–Crippen MR) is 79.9 cm³/mol. The number of carbonyl (C=O) groups is 1. The van der Waals surface area contributed by atoms with Gasteiger partial charge in [0.2, 0.25) is 0 Å². The molecule has 0 radical (unpaired) electrons. The molecule has 5 nitrogen and oxygen atoms in total. The van der Waals surface area contributed by atoms with E-state index in [1.165, 1.54) is 31.3 Å². The van der Waals surface area contributed by atoms with E-state index < -0.39 is 18.1 Å². The average molecular weight is 338 g/mol. The third-order valence-corrected chi connectivity index (χ3v) is 3.45. The third-order valence-electron chi connectivity index (χ3n) is 3.45. The zero-order valence-electron chi connectivity index (χ0n) is 12.5. The summed E-state index contributed by atoms with van der Waals surface area (Å²) in [5, 5.41) is 1.80. The Labute approximate surface area is 135 Å². The van der Waals surface area contributed by atoms with Crippen molar-refractivity contribution in [2.24, 2.45) is 0 Å². The molecule has 1 N–H and O–H groups in total. The van der Waals surface area contributed by atoms with Crippen LogP contribution in [0.5, 0.6) is 11.5 Å². The van der Waals surface area contributed by atoms with Crippen LogP contribution < -0.4 is 19.7 Å². The Hall–Kier alpha value is -2.90. The first-order valence-corrected chi connectivity index (χ1v) is 6.97. The number of nitrogens with zero attached hydrogens (tertiary/aromatic N) is 1. The summed E-state index contributed by atoms with van der Waals surface area (Å²) in [5.74, 6) is -3.47. The Morgan fingerprint density at radius 1 is 1.00 bits per heavy atom. The maximum atomic E-state index is 13.5. The van der Waals surface area contributed by atoms with Gasteiger partial charge in [0.25, 0.3) is 0 Å². The van der Waals surface area contributed by atoms with E-state index in [0.717, 1.165) is 4.90 Å². The van der Waals surface area contributed by atoms with Crippen LogP contribution in [0.3, 0.4) is 0 Å². The lowest BCUT2D eigenvalue weighted by molar-refractivity contribution is -0.317. The summed E-state index contributed by atoms with van der Waals surface area (Å²) in [7, 11) is 1.34. The number of benzene rings is 2. The lowest BCUT2D eigenvalue weighted by atomic mass is 10.3. The van der Waals surface area contributed by atoms with Gasteiger partial charge in [-0.1, -0.05) is 30.3 Å². The summed E-state index contributed by atoms with van der Waals surface area (Å²) in [5.41, 5.74) is 0.419. The van der Waals surface area contributed by atoms with E-state index in [-0.39, 0.29) is 11.5 Å². The number of alkyl halides is 3. The predicted octanol–water partition coefficient (Wildman–Crippen LogP) is 3.52. The van der Waals surface area contributed by atoms with Crippen LogP contribution in [0.4, 0.5) is 23.7 Å². The maximum absolute atomic E-state index is 13.5. The van der Waals surface area contributed by atoms with E-state index in [0.29, 0.717) is 5.69 Å². The van der Waals surface area contributed by atoms with Gasteiger partial charge in [0, 0.05) is 12.7 Å². The van der Waals surface area contributed by atoms with Gasteiger partial charge >= 0.3 is 18.1 Å². The first-order valence-electron chi connectivity index (χ1n) is 6.97. The molecule has 0 saturated carbocycles. The molecule has 0 spiro atoms. The number of urea groups is 1. The fourth-order valence-electron chi connectivity index (χ4n) is 2.18. The Bertz CT molecular complexity index is 725. The van der Waals surface area contributed by atoms with Crippen molar-refractivity contribution in [3.05, 3.63) is 54.6 Å². The fourth-order valence-corrected chi connectivity index (χ4v) is 2.18. The van der Waals surface area contributed by atoms with E-state index in [1.807, 2.05) is 0 Å². The second-order valence-electron chi connectivity index (χ2n) is 5.09. The number of anilines is 1. The van der Waals surface area contributed by atoms with Crippen molar-refractivity contribution >= 4 is 11.7 Å². The molecule has 0 bridgehead atoms. The smallest absolute Gasteiger partial charge is 0.424 e. The van der Waals surface area contributed by atoms with Crippen LogP contribution in [0.25, 0.3) is 0 Å². The summed E-state index contributed by atoms with van der Waals surface area (Å²) < 4.78 is 50.4. The molecule has 126 valence electrons. The SMILES string of the molecule is CN(C(=O)NC1(C(F)(F)F)Oc2ccccc2O1)c1ccccc1. The first kappa shape index (κ1) is 16.0. The Balaban J connectivity index is 1.86. The number of halogens is 3. The second kappa shape index (κ2) is 5.63. The molecule has 3 rings (SSSR count). The summed E-state index contributed by atoms with van der Waals surface area (Å²) in [6.07, 6.45) is -4.99. The van der Waals surface area contributed by atoms with Crippen LogP contribution in [0, 0.1) is 0 Å². The number of fused-ring (bicyclic) bond motifs is 1. The molecule has 2 amide bonds. The van der Waals surface area contributed by atoms with Gasteiger partial charge in [0.1, 0.15) is 0 Å². The number of nitrogens with one attached hydrogen (secondary N) is 1. The average Bonchev–Trinajstić information content (AvgIpc) is 2.94. The lowest BCUT2D eigenvalue weighted by Gasteiger charge is -2.31. The Morgan fingerprint density at radius 3 is 2.00 bits per heavy atom. The van der Waals surface area contributed by atoms with Crippen molar-refractivity contribution in [3.63, 3.8) is 0 Å². The lowest BCUT2D eigenvalue weighted by Crippen LogP contribution is -2.66. The minimum atomic E-state index is -4.99. The fraction of sp³-hybridized carbons (Fsp3) is 0.188. The van der Waals surface area contributed by atoms with Crippen LogP contribution in [-0.4, -0.2) is 25.2 Å². The van der Waals surface area contributed by atoms with Crippen LogP contribution in [-0.2, 0) is 0 Å². The minimum absolute atomic E-state index is 0.0995. The van der Waals surface area contributed by atoms with Gasteiger partial charge in [-0.3, -0.25) is 10.2 Å². The molecule has 0 aromatic heterocycles. The van der Waals surface area contributed by atoms with Crippen LogP contribution in [0.2, 0.25) is 0 Å². The highest BCUT2D eigenvalue weighted by atomic mass is 19.4. The highest BCUT2D eigenvalue weighted by Gasteiger charge is 2.66. The molecule has 0 atom stereocenters. The number of hydrogen-bond acceptors (Lipinski definition) is 3. The van der Waals surface area contributed by atoms with Crippen molar-refractivity contribution in [2.75, 3.05) is 11.9 Å². The van der Waals surface area contributed by atoms with Gasteiger partial charge < -0.3 is 9.47 Å². The van der Waals surface area contributed by atoms with Crippen molar-refractivity contribution in [3.8, 4) is 11.5 Å². The highest BCUT2D eigenvalue weighted by Crippen LogP contribution is 2.44. The molecule has 2 aromatic carbocycles. The van der Waals surface area contributed by atoms with Gasteiger partial charge in [-0.15, -0.1) is 0 Å². The number of hydrogen-bond donors (Lipinski definition) is 1. The maximum Gasteiger partial charge on any atom is 0.492 e. The molecule has 8 heteroatoms. The first-order chi connectivity index (χ1) is 11.3. The summed E-state index contributed by atoms with van der Waals surface area (Å²) in [6.45, 7) is 0. The van der Waals surface area contributed by atoms with Gasteiger partial charge in [0.05, 0.1) is 0 Å². The molecule has 1 heterocycles. The molecule has 0 unspecified atom stereocenters. The minimum Gasteiger partial charge on any atom is -0.424 e. The Kier molecular flexibility index (Phi) is 3.75. The number of carbonyl (C=O) groups excluding carboxylic acids is 1. The summed E-state index contributed by atoms with van der Waals surface area (Å²) >= 11 is 0. The molecular weight excluding hydrogens is 325 g/mol. The van der Waals surface area contributed by atoms with Crippen LogP contribution >= 0.6 is 0 Å². The number of para-hydroxylation sites is 3. The molecular formula is C16H13F3N2O3. The van der Waals surface area contributed by atoms with E-state index in [2.05, 4.69) is 0 Å². The van der Waals surface area contributed by atoms with Crippen molar-refractivity contribution in [2.45, 2.75) is 12.1 Å². The topological polar surface area (TPSA) is 50.8 Å². The second-order valence-corrected chi connectivity index (χ2v) is 5.09. The normalized spacial score (nSPS) is 15.0. The number of ether oxygens (including phenoxy) is 2. The molecule has 0 aliphatic carbocycles. The summed E-state index contributed by atoms with van der Waals surface area (Å²) in [6, 6.07) is 12.9. The van der Waals surface area contributed by atoms with Gasteiger partial charge in [-0.25, -0.2) is 4.79 Å². The summed E-state index contributed by atoms with van der Waals surface area (Å²) in [4.78, 5) is 13.3. The zero-order valence-corrected chi connectivity index (χ0v) is 12.5. The van der Waals surface area contributed by atoms with Gasteiger partial charge in [-0.2, -0.15) is 13.2 Å². The largest absolute Gasteiger partial charge is 0.492 e. The van der Waals surface area contributed by atoms with Gasteiger partial charge in [-0.05, 0) is 24.3 Å². The molecule has 24 heavy (non-hydrogen) atoms. The molecule has 1 aliphatic heterocycles. The highest BCUT2D eigenvalue weighted by molar-refractivity contribution is 5.91. The number of rotatable bonds is 2. The van der Waals surface area contributed by atoms with Crippen molar-refractivity contribution in [1.82, 2.24) is 5.32 Å². The van der Waals surface area contributed by atoms with E-state index in [4.69, 9.17) is 9.47 Å². The number of amides is 2. The standard InChI is InChI=1S/C16H13F3N2O3/c1-21(11-7-3-2-4-8-11)14(22)20-16(15(17,18)19)23-12-9-5-6-10-13(12)24-16/h2-10H,1H3,(H,20,22). The van der Waals surface area contributed by atoms with E-state index in [9.17, 15) is 18.0 Å². The van der Waals surface area contributed by atoms with Crippen molar-refractivity contribution < 1.29 is 27.4 Å². The molecule has 0 saturated heterocycles. The molecule has 0 fully saturated rings. The zero-order chi connectivity index (χ0) is 17.4. The van der Waals surface area contributed by atoms with E-state index in [1.54, 1.807) is 35.6 Å². The van der Waals surface area contributed by atoms with Crippen LogP contribution in [0.15, 0.2) is 54.6 Å². The monoisotopic (exact) mass is 338 g/mol. The molecule has 2 aromatic rings. The quantitative estimate of drug-likeness (QED) is 0.911.